The summed E-state index contributed by atoms with van der Waals surface area (Å²) < 4.78 is 59.0. The van der Waals surface area contributed by atoms with E-state index in [1.165, 1.54) is 70.6 Å². The molecule has 0 spiro atoms. The molecule has 0 aromatic rings. The number of nitrogens with one attached hydrogen (secondary N) is 2. The number of hydrogen-bond acceptors (Lipinski definition) is 11. The molecule has 350 valence electrons. The van der Waals surface area contributed by atoms with Crippen molar-refractivity contribution in [1.82, 2.24) is 5.32 Å². The second-order valence-corrected chi connectivity index (χ2v) is 19.1. The van der Waals surface area contributed by atoms with Gasteiger partial charge < -0.3 is 29.0 Å². The van der Waals surface area contributed by atoms with E-state index in [1.807, 2.05) is 0 Å². The minimum absolute atomic E-state index is 0.0990. The predicted molar refractivity (Wildman–Crippen MR) is 244 cm³/mol. The van der Waals surface area contributed by atoms with Gasteiger partial charge in [-0.25, -0.2) is 4.57 Å². The molecule has 0 radical (unpaired) electrons. The van der Waals surface area contributed by atoms with E-state index >= 15 is 0 Å². The Morgan fingerprint density at radius 2 is 1.37 bits per heavy atom. The van der Waals surface area contributed by atoms with Gasteiger partial charge in [0.1, 0.15) is 24.4 Å². The maximum Gasteiger partial charge on any atom is 0.475 e. The monoisotopic (exact) mass is 930 g/mol. The zero-order chi connectivity index (χ0) is 44.5. The smallest absolute Gasteiger partial charge is 0.446 e. The number of phosphoric ester groups is 1. The predicted octanol–water partition coefficient (Wildman–Crippen LogP) is 12.3. The van der Waals surface area contributed by atoms with E-state index in [0.717, 1.165) is 64.2 Å². The number of carbonyl (C=O) groups is 1. The fourth-order valence-electron chi connectivity index (χ4n) is 6.80. The van der Waals surface area contributed by atoms with Crippen LogP contribution in [0.25, 0.3) is 0 Å². The van der Waals surface area contributed by atoms with Crippen LogP contribution >= 0.6 is 42.6 Å². The fraction of sp³-hybridized carbons (Fsp3) is 0.818. The van der Waals surface area contributed by atoms with Gasteiger partial charge in [0.05, 0.1) is 25.9 Å². The van der Waals surface area contributed by atoms with E-state index in [0.29, 0.717) is 12.8 Å². The molecule has 1 heterocycles. The van der Waals surface area contributed by atoms with Crippen molar-refractivity contribution in [1.29, 1.82) is 5.41 Å². The molecule has 1 aliphatic rings. The molecule has 1 rings (SSSR count). The van der Waals surface area contributed by atoms with Crippen LogP contribution in [-0.2, 0) is 46.6 Å². The SMILES string of the molecule is C=CCOP(=O)(OCC=C)O[C@H]1[C@H](OCC[C@@H](CCCCCCC)OC)[C@@H](NC(=O)CCCCCCCCCC=CCCCCCC)[C@H](OC(=N)C(Cl)(Cl)Cl)O[C@@H]1COC. The molecule has 0 bridgehead atoms. The Balaban J connectivity index is 3.20. The number of carbonyl (C=O) groups excluding carboxylic acids is 1. The van der Waals surface area contributed by atoms with E-state index in [9.17, 15) is 9.36 Å². The minimum atomic E-state index is -4.33. The lowest BCUT2D eigenvalue weighted by molar-refractivity contribution is -0.256. The number of hydrogen-bond donors (Lipinski definition) is 2. The van der Waals surface area contributed by atoms with Crippen LogP contribution < -0.4 is 5.32 Å². The molecule has 0 aromatic carbocycles. The highest BCUT2D eigenvalue weighted by Crippen LogP contribution is 2.52. The first-order valence-corrected chi connectivity index (χ1v) is 24.8. The number of allylic oxidation sites excluding steroid dienone is 2. The molecule has 1 aliphatic heterocycles. The number of phosphoric acid groups is 1. The molecular formula is C44H78Cl3N2O10P. The van der Waals surface area contributed by atoms with Crippen LogP contribution in [-0.4, -0.2) is 93.0 Å². The van der Waals surface area contributed by atoms with Crippen LogP contribution in [0.4, 0.5) is 0 Å². The Hall–Kier alpha value is -1.02. The highest BCUT2D eigenvalue weighted by atomic mass is 35.6. The summed E-state index contributed by atoms with van der Waals surface area (Å²) in [5, 5.41) is 11.4. The van der Waals surface area contributed by atoms with Gasteiger partial charge in [0.2, 0.25) is 18.1 Å². The van der Waals surface area contributed by atoms with Gasteiger partial charge in [-0.05, 0) is 44.9 Å². The van der Waals surface area contributed by atoms with Crippen molar-refractivity contribution in [2.24, 2.45) is 0 Å². The van der Waals surface area contributed by atoms with Gasteiger partial charge in [-0.2, -0.15) is 0 Å². The lowest BCUT2D eigenvalue weighted by Gasteiger charge is -2.46. The molecule has 2 N–H and O–H groups in total. The lowest BCUT2D eigenvalue weighted by atomic mass is 9.96. The molecule has 1 fully saturated rings. The summed E-state index contributed by atoms with van der Waals surface area (Å²) in [6, 6.07) is -1.14. The number of amides is 1. The number of alkyl halides is 3. The molecule has 6 atom stereocenters. The summed E-state index contributed by atoms with van der Waals surface area (Å²) >= 11 is 18.1. The quantitative estimate of drug-likeness (QED) is 0.0153. The van der Waals surface area contributed by atoms with Crippen LogP contribution in [0, 0.1) is 5.41 Å². The summed E-state index contributed by atoms with van der Waals surface area (Å²) in [5.74, 6) is -1.05. The van der Waals surface area contributed by atoms with Crippen molar-refractivity contribution < 1.29 is 46.6 Å². The van der Waals surface area contributed by atoms with Gasteiger partial charge in [0, 0.05) is 27.2 Å². The van der Waals surface area contributed by atoms with E-state index in [4.69, 9.17) is 77.5 Å². The molecule has 12 nitrogen and oxygen atoms in total. The maximum atomic E-state index is 14.1. The molecule has 0 saturated carbocycles. The van der Waals surface area contributed by atoms with Crippen LogP contribution in [0.15, 0.2) is 37.5 Å². The molecule has 0 aromatic heterocycles. The summed E-state index contributed by atoms with van der Waals surface area (Å²) in [6.07, 6.45) is 24.4. The molecule has 0 aliphatic carbocycles. The fourth-order valence-corrected chi connectivity index (χ4v) is 8.26. The van der Waals surface area contributed by atoms with E-state index in [2.05, 4.69) is 44.5 Å². The summed E-state index contributed by atoms with van der Waals surface area (Å²) in [7, 11) is -1.21. The Morgan fingerprint density at radius 3 is 1.92 bits per heavy atom. The van der Waals surface area contributed by atoms with E-state index < -0.39 is 48.2 Å². The third kappa shape index (κ3) is 25.9. The van der Waals surface area contributed by atoms with Crippen molar-refractivity contribution in [2.75, 3.05) is 40.6 Å². The highest BCUT2D eigenvalue weighted by molar-refractivity contribution is 7.48. The average molecular weight is 932 g/mol. The van der Waals surface area contributed by atoms with Crippen molar-refractivity contribution in [3.8, 4) is 0 Å². The van der Waals surface area contributed by atoms with Crippen LogP contribution in [0.3, 0.4) is 0 Å². The summed E-state index contributed by atoms with van der Waals surface area (Å²) in [6.45, 7) is 11.4. The number of unbranched alkanes of at least 4 members (excludes halogenated alkanes) is 15. The number of halogens is 3. The highest BCUT2D eigenvalue weighted by Gasteiger charge is 2.53. The molecule has 0 unspecified atom stereocenters. The van der Waals surface area contributed by atoms with Gasteiger partial charge >= 0.3 is 7.82 Å². The normalized spacial score (nSPS) is 20.3. The number of ether oxygens (including phenoxy) is 5. The molecular weight excluding hydrogens is 854 g/mol. The van der Waals surface area contributed by atoms with Gasteiger partial charge in [-0.15, -0.1) is 13.2 Å². The van der Waals surface area contributed by atoms with Crippen molar-refractivity contribution in [3.05, 3.63) is 37.5 Å². The minimum Gasteiger partial charge on any atom is -0.446 e. The molecule has 60 heavy (non-hydrogen) atoms. The van der Waals surface area contributed by atoms with Gasteiger partial charge in [0.25, 0.3) is 3.79 Å². The first kappa shape index (κ1) is 57.0. The van der Waals surface area contributed by atoms with Crippen LogP contribution in [0.1, 0.15) is 149 Å². The van der Waals surface area contributed by atoms with Crippen LogP contribution in [0.2, 0.25) is 0 Å². The Kier molecular flexibility index (Phi) is 33.6. The molecule has 16 heteroatoms. The van der Waals surface area contributed by atoms with Crippen molar-refractivity contribution in [3.63, 3.8) is 0 Å². The molecule has 1 saturated heterocycles. The van der Waals surface area contributed by atoms with Gasteiger partial charge in [0.15, 0.2) is 0 Å². The Bertz CT molecular complexity index is 1210. The lowest BCUT2D eigenvalue weighted by Crippen LogP contribution is -2.66. The Morgan fingerprint density at radius 1 is 0.817 bits per heavy atom. The third-order valence-corrected chi connectivity index (χ3v) is 12.1. The first-order valence-electron chi connectivity index (χ1n) is 22.2. The number of rotatable bonds is 38. The number of methoxy groups -OCH3 is 2. The van der Waals surface area contributed by atoms with Gasteiger partial charge in [-0.3, -0.25) is 23.8 Å². The summed E-state index contributed by atoms with van der Waals surface area (Å²) in [4.78, 5) is 13.7. The third-order valence-electron chi connectivity index (χ3n) is 10.1. The van der Waals surface area contributed by atoms with E-state index in [1.54, 1.807) is 7.11 Å². The van der Waals surface area contributed by atoms with Crippen molar-refractivity contribution >= 4 is 54.4 Å². The second kappa shape index (κ2) is 35.3. The second-order valence-electron chi connectivity index (χ2n) is 15.2. The molecule has 1 amide bonds. The largest absolute Gasteiger partial charge is 0.475 e. The average Bonchev–Trinajstić information content (AvgIpc) is 3.21. The maximum absolute atomic E-state index is 14.1. The first-order chi connectivity index (χ1) is 28.9. The van der Waals surface area contributed by atoms with Gasteiger partial charge in [-0.1, -0.05) is 156 Å². The zero-order valence-electron chi connectivity index (χ0n) is 37.0. The Labute approximate surface area is 377 Å². The standard InChI is InChI=1S/C44H78Cl3N2O10P/c1-7-11-13-15-16-17-18-19-20-21-22-23-24-26-28-30-38(50)49-39-41(54-34-31-36(53-6)29-27-25-14-12-8-2)40(59-60(51,55-32-9-3)56-33-10-4)37(35-52-5)57-42(39)58-43(48)44(45,46)47/h9-10,17-18,36-37,39-42,48H,3-4,7-8,11-16,19-35H2,1-2,5-6H3,(H,49,50)/t36-,37-,39-,40-,41-,42+/m1/s1. The summed E-state index contributed by atoms with van der Waals surface area (Å²) in [5.41, 5.74) is 0. The van der Waals surface area contributed by atoms with Crippen molar-refractivity contribution in [2.45, 2.75) is 189 Å². The topological polar surface area (TPSA) is 144 Å². The zero-order valence-corrected chi connectivity index (χ0v) is 40.2. The van der Waals surface area contributed by atoms with E-state index in [-0.39, 0.29) is 44.9 Å². The van der Waals surface area contributed by atoms with Crippen LogP contribution in [0.5, 0.6) is 0 Å².